The maximum atomic E-state index is 11.1. The lowest BCUT2D eigenvalue weighted by Gasteiger charge is -2.24. The van der Waals surface area contributed by atoms with Crippen molar-refractivity contribution in [3.05, 3.63) is 0 Å². The van der Waals surface area contributed by atoms with Gasteiger partial charge in [-0.2, -0.15) is 0 Å². The summed E-state index contributed by atoms with van der Waals surface area (Å²) in [6, 6.07) is 1.33. The molecule has 0 amide bonds. The predicted molar refractivity (Wildman–Crippen MR) is 117 cm³/mol. The van der Waals surface area contributed by atoms with Crippen LogP contribution >= 0.6 is 24.0 Å². The van der Waals surface area contributed by atoms with Crippen molar-refractivity contribution >= 4 is 35.9 Å². The minimum absolute atomic E-state index is 0. The molecule has 152 valence electrons. The number of methoxy groups -OCH3 is 1. The van der Waals surface area contributed by atoms with Gasteiger partial charge in [0.1, 0.15) is 0 Å². The highest BCUT2D eigenvalue weighted by atomic mass is 127. The summed E-state index contributed by atoms with van der Waals surface area (Å²) in [5, 5.41) is 6.97. The van der Waals surface area contributed by atoms with Gasteiger partial charge in [-0.3, -0.25) is 14.7 Å². The van der Waals surface area contributed by atoms with Crippen LogP contribution in [0.5, 0.6) is 0 Å². The number of nitrogens with zero attached hydrogens (tertiary/aromatic N) is 2. The Bertz CT molecular complexity index is 428. The van der Waals surface area contributed by atoms with Crippen LogP contribution in [0.15, 0.2) is 4.99 Å². The topological polar surface area (TPSA) is 66.0 Å². The fraction of sp³-hybridized carbons (Fsp3) is 0.895. The molecule has 1 unspecified atom stereocenters. The SMILES string of the molecule is CCNC(=NCCCCCC(=O)OC)NC1CCN(C2CCCC2)C1.I. The molecule has 2 N–H and O–H groups in total. The van der Waals surface area contributed by atoms with E-state index in [1.54, 1.807) is 0 Å². The van der Waals surface area contributed by atoms with Crippen molar-refractivity contribution in [3.63, 3.8) is 0 Å². The van der Waals surface area contributed by atoms with Gasteiger partial charge >= 0.3 is 5.97 Å². The van der Waals surface area contributed by atoms with Crippen LogP contribution in [-0.4, -0.2) is 62.2 Å². The van der Waals surface area contributed by atoms with E-state index in [1.165, 1.54) is 45.8 Å². The summed E-state index contributed by atoms with van der Waals surface area (Å²) in [4.78, 5) is 18.4. The van der Waals surface area contributed by atoms with Crippen molar-refractivity contribution in [2.24, 2.45) is 4.99 Å². The van der Waals surface area contributed by atoms with Gasteiger partial charge in [-0.25, -0.2) is 0 Å². The number of ether oxygens (including phenoxy) is 1. The number of hydrogen-bond donors (Lipinski definition) is 2. The molecule has 0 spiro atoms. The molecule has 26 heavy (non-hydrogen) atoms. The number of likely N-dealkylation sites (tertiary alicyclic amines) is 1. The van der Waals surface area contributed by atoms with E-state index in [1.807, 2.05) is 0 Å². The van der Waals surface area contributed by atoms with Gasteiger partial charge in [0.25, 0.3) is 0 Å². The van der Waals surface area contributed by atoms with Gasteiger partial charge in [0.15, 0.2) is 5.96 Å². The molecule has 7 heteroatoms. The predicted octanol–water partition coefficient (Wildman–Crippen LogP) is 2.91. The molecular weight excluding hydrogens is 443 g/mol. The van der Waals surface area contributed by atoms with E-state index in [0.29, 0.717) is 12.5 Å². The smallest absolute Gasteiger partial charge is 0.305 e. The van der Waals surface area contributed by atoms with Gasteiger partial charge < -0.3 is 15.4 Å². The number of halogens is 1. The third kappa shape index (κ3) is 8.41. The quantitative estimate of drug-likeness (QED) is 0.175. The van der Waals surface area contributed by atoms with E-state index >= 15 is 0 Å². The van der Waals surface area contributed by atoms with Crippen molar-refractivity contribution in [1.29, 1.82) is 0 Å². The highest BCUT2D eigenvalue weighted by Crippen LogP contribution is 2.26. The van der Waals surface area contributed by atoms with Gasteiger partial charge in [-0.15, -0.1) is 24.0 Å². The van der Waals surface area contributed by atoms with Crippen LogP contribution in [0.25, 0.3) is 0 Å². The maximum absolute atomic E-state index is 11.1. The van der Waals surface area contributed by atoms with Gasteiger partial charge in [-0.1, -0.05) is 19.3 Å². The number of carbonyl (C=O) groups excluding carboxylic acids is 1. The van der Waals surface area contributed by atoms with E-state index < -0.39 is 0 Å². The van der Waals surface area contributed by atoms with Crippen LogP contribution in [0, 0.1) is 0 Å². The Labute approximate surface area is 175 Å². The molecule has 1 heterocycles. The molecule has 1 aliphatic carbocycles. The van der Waals surface area contributed by atoms with Crippen LogP contribution < -0.4 is 10.6 Å². The lowest BCUT2D eigenvalue weighted by atomic mass is 10.2. The number of aliphatic imine (C=N–C) groups is 1. The Balaban J connectivity index is 0.00000338. The molecule has 1 saturated heterocycles. The standard InChI is InChI=1S/C19H36N4O2.HI/c1-3-20-19(21-13-8-4-5-11-18(24)25-2)22-16-12-14-23(15-16)17-9-6-7-10-17;/h16-17H,3-15H2,1-2H3,(H2,20,21,22);1H. The average Bonchev–Trinajstić information content (AvgIpc) is 3.29. The summed E-state index contributed by atoms with van der Waals surface area (Å²) in [6.07, 6.45) is 10.2. The molecule has 1 atom stereocenters. The molecule has 0 radical (unpaired) electrons. The van der Waals surface area contributed by atoms with Crippen molar-refractivity contribution in [1.82, 2.24) is 15.5 Å². The molecule has 2 aliphatic rings. The molecule has 1 saturated carbocycles. The fourth-order valence-corrected chi connectivity index (χ4v) is 3.87. The third-order valence-corrected chi connectivity index (χ3v) is 5.28. The maximum Gasteiger partial charge on any atom is 0.305 e. The Morgan fingerprint density at radius 1 is 1.19 bits per heavy atom. The van der Waals surface area contributed by atoms with E-state index in [9.17, 15) is 4.79 Å². The highest BCUT2D eigenvalue weighted by Gasteiger charge is 2.30. The lowest BCUT2D eigenvalue weighted by Crippen LogP contribution is -2.45. The number of carbonyl (C=O) groups is 1. The Morgan fingerprint density at radius 3 is 2.65 bits per heavy atom. The number of unbranched alkanes of at least 4 members (excludes halogenated alkanes) is 2. The Hall–Kier alpha value is -0.570. The lowest BCUT2D eigenvalue weighted by molar-refractivity contribution is -0.140. The van der Waals surface area contributed by atoms with Crippen molar-refractivity contribution in [2.45, 2.75) is 76.8 Å². The van der Waals surface area contributed by atoms with Gasteiger partial charge in [0, 0.05) is 44.7 Å². The minimum Gasteiger partial charge on any atom is -0.469 e. The summed E-state index contributed by atoms with van der Waals surface area (Å²) in [6.45, 7) is 6.15. The second-order valence-corrected chi connectivity index (χ2v) is 7.21. The first-order chi connectivity index (χ1) is 12.2. The molecule has 2 fully saturated rings. The number of esters is 1. The molecule has 0 aromatic rings. The first kappa shape index (κ1) is 23.5. The molecule has 6 nitrogen and oxygen atoms in total. The zero-order valence-corrected chi connectivity index (χ0v) is 18.8. The Kier molecular flexibility index (Phi) is 12.3. The second kappa shape index (κ2) is 13.6. The van der Waals surface area contributed by atoms with Crippen LogP contribution in [-0.2, 0) is 9.53 Å². The van der Waals surface area contributed by atoms with Crippen LogP contribution in [0.3, 0.4) is 0 Å². The second-order valence-electron chi connectivity index (χ2n) is 7.21. The zero-order valence-electron chi connectivity index (χ0n) is 16.5. The summed E-state index contributed by atoms with van der Waals surface area (Å²) in [7, 11) is 1.44. The summed E-state index contributed by atoms with van der Waals surface area (Å²) in [5.41, 5.74) is 0. The summed E-state index contributed by atoms with van der Waals surface area (Å²) < 4.78 is 4.66. The molecule has 0 bridgehead atoms. The molecule has 0 aromatic heterocycles. The first-order valence-corrected chi connectivity index (χ1v) is 10.1. The van der Waals surface area contributed by atoms with Crippen molar-refractivity contribution < 1.29 is 9.53 Å². The fourth-order valence-electron chi connectivity index (χ4n) is 3.87. The largest absolute Gasteiger partial charge is 0.469 e. The van der Waals surface area contributed by atoms with Crippen molar-refractivity contribution in [3.8, 4) is 0 Å². The van der Waals surface area contributed by atoms with E-state index in [0.717, 1.165) is 50.9 Å². The monoisotopic (exact) mass is 480 g/mol. The van der Waals surface area contributed by atoms with Crippen LogP contribution in [0.2, 0.25) is 0 Å². The molecular formula is C19H37IN4O2. The van der Waals surface area contributed by atoms with E-state index in [4.69, 9.17) is 4.99 Å². The van der Waals surface area contributed by atoms with Crippen LogP contribution in [0.4, 0.5) is 0 Å². The van der Waals surface area contributed by atoms with Gasteiger partial charge in [-0.05, 0) is 39.0 Å². The summed E-state index contributed by atoms with van der Waals surface area (Å²) >= 11 is 0. The number of hydrogen-bond acceptors (Lipinski definition) is 4. The average molecular weight is 480 g/mol. The van der Waals surface area contributed by atoms with E-state index in [-0.39, 0.29) is 29.9 Å². The Morgan fingerprint density at radius 2 is 1.96 bits per heavy atom. The van der Waals surface area contributed by atoms with Crippen molar-refractivity contribution in [2.75, 3.05) is 33.3 Å². The number of rotatable bonds is 9. The number of guanidine groups is 1. The number of nitrogens with one attached hydrogen (secondary N) is 2. The highest BCUT2D eigenvalue weighted by molar-refractivity contribution is 14.0. The van der Waals surface area contributed by atoms with Crippen LogP contribution in [0.1, 0.15) is 64.7 Å². The minimum atomic E-state index is -0.119. The summed E-state index contributed by atoms with van der Waals surface area (Å²) in [5.74, 6) is 0.820. The first-order valence-electron chi connectivity index (χ1n) is 10.1. The normalized spacial score (nSPS) is 21.5. The molecule has 1 aliphatic heterocycles. The third-order valence-electron chi connectivity index (χ3n) is 5.28. The zero-order chi connectivity index (χ0) is 17.9. The van der Waals surface area contributed by atoms with E-state index in [2.05, 4.69) is 27.2 Å². The van der Waals surface area contributed by atoms with Gasteiger partial charge in [0.2, 0.25) is 0 Å². The molecule has 0 aromatic carbocycles. The molecule has 2 rings (SSSR count). The van der Waals surface area contributed by atoms with Gasteiger partial charge in [0.05, 0.1) is 7.11 Å².